The van der Waals surface area contributed by atoms with Crippen LogP contribution in [0.3, 0.4) is 0 Å². The van der Waals surface area contributed by atoms with Crippen LogP contribution in [-0.2, 0) is 0 Å². The number of hydrogen-bond donors (Lipinski definition) is 0. The second-order valence-corrected chi connectivity index (χ2v) is 9.75. The number of nitrogens with zero attached hydrogens (tertiary/aromatic N) is 4. The number of hydrogen-bond acceptors (Lipinski definition) is 5. The maximum atomic E-state index is 13.3. The average molecular weight is 538 g/mol. The summed E-state index contributed by atoms with van der Waals surface area (Å²) in [4.78, 5) is 3.16. The maximum Gasteiger partial charge on any atom is 0.448 e. The van der Waals surface area contributed by atoms with E-state index in [2.05, 4.69) is 46.5 Å². The normalized spacial score (nSPS) is 12.8. The predicted molar refractivity (Wildman–Crippen MR) is 147 cm³/mol. The van der Waals surface area contributed by atoms with Crippen molar-refractivity contribution in [3.8, 4) is 32.9 Å². The lowest BCUT2D eigenvalue weighted by atomic mass is 9.90. The van der Waals surface area contributed by atoms with Gasteiger partial charge in [0.1, 0.15) is 17.9 Å². The number of fused-ring (bicyclic) bond motifs is 2. The van der Waals surface area contributed by atoms with E-state index in [1.807, 2.05) is 30.3 Å². The molecule has 9 heteroatoms. The molecule has 1 aliphatic carbocycles. The van der Waals surface area contributed by atoms with Gasteiger partial charge in [0, 0.05) is 53.0 Å². The van der Waals surface area contributed by atoms with Crippen molar-refractivity contribution >= 4 is 28.2 Å². The average Bonchev–Trinajstić information content (AvgIpc) is 3.45. The fraction of sp³-hybridized carbons (Fsp3) is 0.276. The van der Waals surface area contributed by atoms with E-state index in [-0.39, 0.29) is 6.54 Å². The lowest BCUT2D eigenvalue weighted by molar-refractivity contribution is -0.128. The van der Waals surface area contributed by atoms with Crippen LogP contribution in [0.1, 0.15) is 20.8 Å². The van der Waals surface area contributed by atoms with Crippen LogP contribution in [0.25, 0.3) is 43.9 Å². The number of rotatable bonds is 7. The summed E-state index contributed by atoms with van der Waals surface area (Å²) in [5.41, 5.74) is 5.45. The van der Waals surface area contributed by atoms with Crippen molar-refractivity contribution in [2.24, 2.45) is 0 Å². The fourth-order valence-corrected chi connectivity index (χ4v) is 5.50. The molecule has 0 unspecified atom stereocenters. The van der Waals surface area contributed by atoms with E-state index >= 15 is 0 Å². The van der Waals surface area contributed by atoms with Gasteiger partial charge in [-0.15, -0.1) is 5.10 Å². The Bertz CT molecular complexity index is 1600. The molecule has 0 amide bonds. The molecule has 0 atom stereocenters. The molecular formula is C29H28F3N4OS+. The van der Waals surface area contributed by atoms with Gasteiger partial charge in [-0.2, -0.15) is 13.2 Å². The largest absolute Gasteiger partial charge is 0.456 e. The number of benzene rings is 3. The number of aromatic nitrogens is 2. The zero-order chi connectivity index (χ0) is 26.9. The maximum absolute atomic E-state index is 13.3. The van der Waals surface area contributed by atoms with Gasteiger partial charge in [0.15, 0.2) is 0 Å². The summed E-state index contributed by atoms with van der Waals surface area (Å²) in [5, 5.41) is 5.41. The van der Waals surface area contributed by atoms with Crippen molar-refractivity contribution in [2.45, 2.75) is 26.9 Å². The highest BCUT2D eigenvalue weighted by Crippen LogP contribution is 2.44. The van der Waals surface area contributed by atoms with Crippen molar-refractivity contribution in [3.05, 3.63) is 72.2 Å². The van der Waals surface area contributed by atoms with Crippen molar-refractivity contribution in [3.63, 3.8) is 0 Å². The molecule has 0 saturated heterocycles. The molecule has 2 heterocycles. The summed E-state index contributed by atoms with van der Waals surface area (Å²) in [6.07, 6.45) is -2.56. The van der Waals surface area contributed by atoms with Crippen LogP contribution in [-0.4, -0.2) is 41.9 Å². The molecule has 1 aromatic heterocycles. The first-order valence-corrected chi connectivity index (χ1v) is 13.4. The Morgan fingerprint density at radius 1 is 0.921 bits per heavy atom. The molecule has 0 N–H and O–H groups in total. The van der Waals surface area contributed by atoms with E-state index in [4.69, 9.17) is 4.42 Å². The number of halogens is 3. The first kappa shape index (κ1) is 25.9. The van der Waals surface area contributed by atoms with E-state index in [9.17, 15) is 13.2 Å². The van der Waals surface area contributed by atoms with Crippen LogP contribution < -0.4 is 14.8 Å². The Labute approximate surface area is 223 Å². The monoisotopic (exact) mass is 537 g/mol. The Morgan fingerprint density at radius 3 is 2.34 bits per heavy atom. The third kappa shape index (κ3) is 5.03. The van der Waals surface area contributed by atoms with Gasteiger partial charge >= 0.3 is 6.18 Å². The van der Waals surface area contributed by atoms with Crippen LogP contribution in [0.4, 0.5) is 18.9 Å². The Hall–Kier alpha value is -3.72. The van der Waals surface area contributed by atoms with Crippen molar-refractivity contribution in [1.29, 1.82) is 0 Å². The standard InChI is InChI=1S/C29H28F3N4OS/c1-4-35(5-2)19-11-13-23-25(15-19)37-26-16-20(36(6-3)18-29(30,31)32)12-14-24(26)28(23)22-10-8-7-9-21(22)27-17-33-34-38-27/h7-17H,4-6,18H2,1-3H3/q+1. The van der Waals surface area contributed by atoms with Gasteiger partial charge in [0.05, 0.1) is 17.1 Å². The zero-order valence-electron chi connectivity index (χ0n) is 21.4. The van der Waals surface area contributed by atoms with E-state index in [0.717, 1.165) is 51.3 Å². The summed E-state index contributed by atoms with van der Waals surface area (Å²) in [7, 11) is 0. The quantitative estimate of drug-likeness (QED) is 0.167. The smallest absolute Gasteiger partial charge is 0.448 e. The number of alkyl halides is 3. The minimum Gasteiger partial charge on any atom is -0.456 e. The minimum absolute atomic E-state index is 0.221. The van der Waals surface area contributed by atoms with Crippen molar-refractivity contribution in [1.82, 2.24) is 14.2 Å². The molecule has 2 aromatic carbocycles. The second-order valence-electron chi connectivity index (χ2n) is 8.97. The first-order valence-electron chi connectivity index (χ1n) is 12.6. The summed E-state index contributed by atoms with van der Waals surface area (Å²) in [5.74, 6) is 0.527. The van der Waals surface area contributed by atoms with Crippen LogP contribution in [0.2, 0.25) is 0 Å². The van der Waals surface area contributed by atoms with Gasteiger partial charge < -0.3 is 9.32 Å². The number of anilines is 1. The van der Waals surface area contributed by atoms with E-state index in [0.29, 0.717) is 16.7 Å². The summed E-state index contributed by atoms with van der Waals surface area (Å²) in [6.45, 7) is 6.80. The molecule has 3 aromatic rings. The molecule has 2 aliphatic rings. The zero-order valence-corrected chi connectivity index (χ0v) is 22.2. The molecule has 5 rings (SSSR count). The molecule has 0 bridgehead atoms. The van der Waals surface area contributed by atoms with Crippen LogP contribution in [0, 0.1) is 0 Å². The third-order valence-corrected chi connectivity index (χ3v) is 7.46. The Morgan fingerprint density at radius 2 is 1.68 bits per heavy atom. The van der Waals surface area contributed by atoms with Gasteiger partial charge in [-0.25, -0.2) is 4.58 Å². The molecule has 0 saturated carbocycles. The van der Waals surface area contributed by atoms with E-state index in [1.54, 1.807) is 25.3 Å². The van der Waals surface area contributed by atoms with E-state index in [1.165, 1.54) is 16.1 Å². The van der Waals surface area contributed by atoms with E-state index < -0.39 is 12.7 Å². The lowest BCUT2D eigenvalue weighted by Crippen LogP contribution is -2.37. The second kappa shape index (κ2) is 10.6. The molecule has 196 valence electrons. The fourth-order valence-electron chi connectivity index (χ4n) is 4.94. The Balaban J connectivity index is 1.85. The van der Waals surface area contributed by atoms with Crippen molar-refractivity contribution < 1.29 is 17.6 Å². The molecule has 0 fully saturated rings. The van der Waals surface area contributed by atoms with Gasteiger partial charge in [0.25, 0.3) is 0 Å². The SMILES string of the molecule is CCN(CC)c1ccc2c(-c3ccccc3-c3cnns3)c3ccc(=[N+](CC)CC(F)(F)F)cc-3oc2c1. The highest BCUT2D eigenvalue weighted by atomic mass is 32.1. The highest BCUT2D eigenvalue weighted by Gasteiger charge is 2.34. The van der Waals surface area contributed by atoms with Gasteiger partial charge in [-0.1, -0.05) is 28.8 Å². The Kier molecular flexibility index (Phi) is 7.21. The minimum atomic E-state index is -4.31. The van der Waals surface area contributed by atoms with Gasteiger partial charge in [0.2, 0.25) is 11.9 Å². The summed E-state index contributed by atoms with van der Waals surface area (Å²) in [6, 6.07) is 19.5. The third-order valence-electron chi connectivity index (χ3n) is 6.76. The van der Waals surface area contributed by atoms with Crippen molar-refractivity contribution in [2.75, 3.05) is 31.1 Å². The van der Waals surface area contributed by atoms with Gasteiger partial charge in [-0.3, -0.25) is 0 Å². The molecule has 0 spiro atoms. The van der Waals surface area contributed by atoms with Crippen LogP contribution >= 0.6 is 11.5 Å². The highest BCUT2D eigenvalue weighted by molar-refractivity contribution is 7.09. The molecule has 0 radical (unpaired) electrons. The lowest BCUT2D eigenvalue weighted by Gasteiger charge is -2.22. The summed E-state index contributed by atoms with van der Waals surface area (Å²) >= 11 is 1.32. The molecule has 5 nitrogen and oxygen atoms in total. The predicted octanol–water partition coefficient (Wildman–Crippen LogP) is 6.92. The molecule has 38 heavy (non-hydrogen) atoms. The van der Waals surface area contributed by atoms with Crippen LogP contribution in [0.5, 0.6) is 0 Å². The first-order chi connectivity index (χ1) is 18.3. The molecular weight excluding hydrogens is 509 g/mol. The molecule has 1 aliphatic heterocycles. The van der Waals surface area contributed by atoms with Crippen LogP contribution in [0.15, 0.2) is 71.3 Å². The summed E-state index contributed by atoms with van der Waals surface area (Å²) < 4.78 is 51.6. The van der Waals surface area contributed by atoms with Gasteiger partial charge in [-0.05, 0) is 56.1 Å². The topological polar surface area (TPSA) is 45.2 Å².